The molecule has 2 aliphatic rings. The van der Waals surface area contributed by atoms with Crippen molar-refractivity contribution in [1.82, 2.24) is 14.7 Å². The minimum atomic E-state index is -0.983. The Balaban J connectivity index is 1.68. The number of carboxylic acids is 1. The molecule has 120 valence electrons. The fraction of sp³-hybridized carbons (Fsp3) is 0.857. The van der Waals surface area contributed by atoms with Gasteiger partial charge < -0.3 is 24.5 Å². The summed E-state index contributed by atoms with van der Waals surface area (Å²) in [7, 11) is 1.81. The number of nitrogens with zero attached hydrogens (tertiary/aromatic N) is 3. The number of likely N-dealkylation sites (tertiary alicyclic amines) is 2. The quantitative estimate of drug-likeness (QED) is 0.764. The fourth-order valence-corrected chi connectivity index (χ4v) is 2.86. The van der Waals surface area contributed by atoms with Crippen LogP contribution in [0.3, 0.4) is 0 Å². The molecular formula is C14H25N3O4. The number of likely N-dealkylation sites (N-methyl/N-ethyl adjacent to an activating group) is 1. The molecule has 0 atom stereocenters. The SMILES string of the molecule is CN(CCN1CCCC1)C(=O)N1CC(C)(OCC(=O)O)C1. The molecule has 0 spiro atoms. The van der Waals surface area contributed by atoms with Crippen molar-refractivity contribution in [2.75, 3.05) is 52.9 Å². The van der Waals surface area contributed by atoms with Crippen molar-refractivity contribution in [3.05, 3.63) is 0 Å². The Hall–Kier alpha value is -1.34. The van der Waals surface area contributed by atoms with Gasteiger partial charge in [0.05, 0.1) is 13.1 Å². The zero-order valence-corrected chi connectivity index (χ0v) is 12.9. The summed E-state index contributed by atoms with van der Waals surface area (Å²) in [6.45, 7) is 6.33. The number of amides is 2. The average Bonchev–Trinajstić information content (AvgIpc) is 2.91. The standard InChI is InChI=1S/C14H25N3O4/c1-14(21-9-12(18)19)10-17(11-14)13(20)15(2)7-8-16-5-3-4-6-16/h3-11H2,1-2H3,(H,18,19). The smallest absolute Gasteiger partial charge is 0.329 e. The Morgan fingerprint density at radius 3 is 2.48 bits per heavy atom. The van der Waals surface area contributed by atoms with Crippen LogP contribution >= 0.6 is 0 Å². The average molecular weight is 299 g/mol. The number of carbonyl (C=O) groups is 2. The number of carbonyl (C=O) groups excluding carboxylic acids is 1. The van der Waals surface area contributed by atoms with Crippen molar-refractivity contribution in [1.29, 1.82) is 0 Å². The molecule has 0 aromatic heterocycles. The molecule has 21 heavy (non-hydrogen) atoms. The van der Waals surface area contributed by atoms with E-state index in [9.17, 15) is 9.59 Å². The Bertz CT molecular complexity index is 390. The summed E-state index contributed by atoms with van der Waals surface area (Å²) < 4.78 is 5.31. The van der Waals surface area contributed by atoms with Gasteiger partial charge in [-0.2, -0.15) is 0 Å². The maximum atomic E-state index is 12.2. The number of ether oxygens (including phenoxy) is 1. The third-order valence-electron chi connectivity index (χ3n) is 4.14. The first kappa shape index (κ1) is 16.0. The molecule has 2 aliphatic heterocycles. The Morgan fingerprint density at radius 2 is 1.90 bits per heavy atom. The summed E-state index contributed by atoms with van der Waals surface area (Å²) >= 11 is 0. The van der Waals surface area contributed by atoms with E-state index in [0.29, 0.717) is 13.1 Å². The lowest BCUT2D eigenvalue weighted by Gasteiger charge is -2.48. The molecule has 0 radical (unpaired) electrons. The number of hydrogen-bond donors (Lipinski definition) is 1. The van der Waals surface area contributed by atoms with E-state index in [1.165, 1.54) is 12.8 Å². The van der Waals surface area contributed by atoms with E-state index in [1.54, 1.807) is 9.80 Å². The van der Waals surface area contributed by atoms with E-state index in [-0.39, 0.29) is 12.6 Å². The molecule has 0 aromatic rings. The molecule has 2 rings (SSSR count). The van der Waals surface area contributed by atoms with Crippen LogP contribution in [-0.2, 0) is 9.53 Å². The summed E-state index contributed by atoms with van der Waals surface area (Å²) in [5, 5.41) is 8.62. The van der Waals surface area contributed by atoms with Gasteiger partial charge in [0.1, 0.15) is 12.2 Å². The van der Waals surface area contributed by atoms with Gasteiger partial charge in [0.25, 0.3) is 0 Å². The maximum absolute atomic E-state index is 12.2. The highest BCUT2D eigenvalue weighted by atomic mass is 16.5. The number of urea groups is 1. The van der Waals surface area contributed by atoms with Gasteiger partial charge in [-0.1, -0.05) is 0 Å². The molecule has 2 amide bonds. The van der Waals surface area contributed by atoms with Gasteiger partial charge >= 0.3 is 12.0 Å². The van der Waals surface area contributed by atoms with E-state index in [0.717, 1.165) is 26.2 Å². The largest absolute Gasteiger partial charge is 0.480 e. The second-order valence-electron chi connectivity index (χ2n) is 6.24. The summed E-state index contributed by atoms with van der Waals surface area (Å²) in [6, 6.07) is -0.00871. The molecule has 2 saturated heterocycles. The minimum absolute atomic E-state index is 0.00871. The molecule has 0 aliphatic carbocycles. The third-order valence-corrected chi connectivity index (χ3v) is 4.14. The first-order valence-electron chi connectivity index (χ1n) is 7.48. The van der Waals surface area contributed by atoms with Gasteiger partial charge in [0.15, 0.2) is 0 Å². The van der Waals surface area contributed by atoms with Crippen LogP contribution in [-0.4, -0.2) is 90.3 Å². The van der Waals surface area contributed by atoms with Gasteiger partial charge in [-0.15, -0.1) is 0 Å². The van der Waals surface area contributed by atoms with Crippen LogP contribution in [0.5, 0.6) is 0 Å². The Kier molecular flexibility index (Phi) is 5.05. The highest BCUT2D eigenvalue weighted by molar-refractivity contribution is 5.75. The highest BCUT2D eigenvalue weighted by Gasteiger charge is 2.43. The summed E-state index contributed by atoms with van der Waals surface area (Å²) in [5.41, 5.74) is -0.524. The molecule has 2 heterocycles. The van der Waals surface area contributed by atoms with Crippen LogP contribution in [0.15, 0.2) is 0 Å². The van der Waals surface area contributed by atoms with Crippen molar-refractivity contribution in [2.24, 2.45) is 0 Å². The van der Waals surface area contributed by atoms with E-state index < -0.39 is 11.6 Å². The van der Waals surface area contributed by atoms with Crippen molar-refractivity contribution in [3.63, 3.8) is 0 Å². The molecule has 0 bridgehead atoms. The van der Waals surface area contributed by atoms with E-state index in [4.69, 9.17) is 9.84 Å². The van der Waals surface area contributed by atoms with Gasteiger partial charge in [0, 0.05) is 20.1 Å². The number of hydrogen-bond acceptors (Lipinski definition) is 4. The van der Waals surface area contributed by atoms with Crippen LogP contribution in [0.2, 0.25) is 0 Å². The number of carboxylic acid groups (broad SMARTS) is 1. The second-order valence-corrected chi connectivity index (χ2v) is 6.24. The normalized spacial score (nSPS) is 21.1. The van der Waals surface area contributed by atoms with Crippen molar-refractivity contribution < 1.29 is 19.4 Å². The highest BCUT2D eigenvalue weighted by Crippen LogP contribution is 2.25. The van der Waals surface area contributed by atoms with Gasteiger partial charge in [-0.05, 0) is 32.9 Å². The molecular weight excluding hydrogens is 274 g/mol. The molecule has 1 N–H and O–H groups in total. The molecule has 0 aromatic carbocycles. The van der Waals surface area contributed by atoms with Crippen LogP contribution in [0.25, 0.3) is 0 Å². The van der Waals surface area contributed by atoms with Gasteiger partial charge in [-0.3, -0.25) is 0 Å². The predicted octanol–water partition coefficient (Wildman–Crippen LogP) is 0.310. The van der Waals surface area contributed by atoms with Crippen LogP contribution in [0.4, 0.5) is 4.79 Å². The van der Waals surface area contributed by atoms with E-state index >= 15 is 0 Å². The zero-order chi connectivity index (χ0) is 15.5. The fourth-order valence-electron chi connectivity index (χ4n) is 2.86. The molecule has 2 fully saturated rings. The summed E-state index contributed by atoms with van der Waals surface area (Å²) in [4.78, 5) is 28.5. The lowest BCUT2D eigenvalue weighted by atomic mass is 9.97. The first-order valence-corrected chi connectivity index (χ1v) is 7.48. The van der Waals surface area contributed by atoms with Gasteiger partial charge in [0.2, 0.25) is 0 Å². The minimum Gasteiger partial charge on any atom is -0.480 e. The monoisotopic (exact) mass is 299 g/mol. The predicted molar refractivity (Wildman–Crippen MR) is 77.3 cm³/mol. The molecule has 7 heteroatoms. The van der Waals surface area contributed by atoms with Crippen molar-refractivity contribution in [2.45, 2.75) is 25.4 Å². The number of aliphatic carboxylic acids is 1. The van der Waals surface area contributed by atoms with Crippen molar-refractivity contribution >= 4 is 12.0 Å². The van der Waals surface area contributed by atoms with E-state index in [2.05, 4.69) is 4.90 Å². The van der Waals surface area contributed by atoms with Crippen LogP contribution in [0.1, 0.15) is 19.8 Å². The zero-order valence-electron chi connectivity index (χ0n) is 12.9. The summed E-state index contributed by atoms with van der Waals surface area (Å²) in [5.74, 6) is -0.983. The van der Waals surface area contributed by atoms with Crippen LogP contribution < -0.4 is 0 Å². The van der Waals surface area contributed by atoms with Crippen molar-refractivity contribution in [3.8, 4) is 0 Å². The third kappa shape index (κ3) is 4.31. The van der Waals surface area contributed by atoms with E-state index in [1.807, 2.05) is 14.0 Å². The molecule has 7 nitrogen and oxygen atoms in total. The Morgan fingerprint density at radius 1 is 1.29 bits per heavy atom. The maximum Gasteiger partial charge on any atom is 0.329 e. The molecule has 0 saturated carbocycles. The topological polar surface area (TPSA) is 73.3 Å². The van der Waals surface area contributed by atoms with Gasteiger partial charge in [-0.25, -0.2) is 9.59 Å². The summed E-state index contributed by atoms with van der Waals surface area (Å²) in [6.07, 6.45) is 2.51. The lowest BCUT2D eigenvalue weighted by Crippen LogP contribution is -2.65. The lowest BCUT2D eigenvalue weighted by molar-refractivity contribution is -0.160. The number of rotatable bonds is 6. The first-order chi connectivity index (χ1) is 9.89. The Labute approximate surface area is 125 Å². The molecule has 0 unspecified atom stereocenters. The second kappa shape index (κ2) is 6.62. The van der Waals surface area contributed by atoms with Crippen LogP contribution in [0, 0.1) is 0 Å².